The average molecular weight is 402 g/mol. The Bertz CT molecular complexity index is 1030. The fourth-order valence-electron chi connectivity index (χ4n) is 2.44. The summed E-state index contributed by atoms with van der Waals surface area (Å²) in [5, 5.41) is 14.2. The molecule has 0 fully saturated rings. The lowest BCUT2D eigenvalue weighted by molar-refractivity contribution is 0.581. The Hall–Kier alpha value is -3.11. The van der Waals surface area contributed by atoms with Gasteiger partial charge in [0.25, 0.3) is 0 Å². The molecule has 0 unspecified atom stereocenters. The second-order valence-electron chi connectivity index (χ2n) is 5.90. The van der Waals surface area contributed by atoms with E-state index in [1.54, 1.807) is 31.5 Å². The van der Waals surface area contributed by atoms with Gasteiger partial charge < -0.3 is 10.6 Å². The Morgan fingerprint density at radius 1 is 0.964 bits per heavy atom. The van der Waals surface area contributed by atoms with Gasteiger partial charge in [0, 0.05) is 31.2 Å². The molecule has 2 heterocycles. The average Bonchev–Trinajstić information content (AvgIpc) is 2.67. The molecule has 0 spiro atoms. The van der Waals surface area contributed by atoms with E-state index in [2.05, 4.69) is 30.5 Å². The molecule has 0 aliphatic heterocycles. The largest absolute Gasteiger partial charge is 0.367 e. The SMILES string of the molecule is Cc1cc(F)ccc1S(=O)(=O)NCCNc1ccc(Nc2ccncc2)nn1. The summed E-state index contributed by atoms with van der Waals surface area (Å²) >= 11 is 0. The fourth-order valence-corrected chi connectivity index (χ4v) is 3.70. The third-order valence-corrected chi connectivity index (χ3v) is 5.39. The molecule has 0 radical (unpaired) electrons. The second kappa shape index (κ2) is 8.72. The Balaban J connectivity index is 1.49. The van der Waals surface area contributed by atoms with Gasteiger partial charge >= 0.3 is 0 Å². The van der Waals surface area contributed by atoms with Crippen LogP contribution in [0.3, 0.4) is 0 Å². The zero-order valence-electron chi connectivity index (χ0n) is 15.1. The van der Waals surface area contributed by atoms with Crippen LogP contribution in [0, 0.1) is 12.7 Å². The molecule has 0 bridgehead atoms. The number of hydrogen-bond acceptors (Lipinski definition) is 7. The number of halogens is 1. The molecule has 0 amide bonds. The van der Waals surface area contributed by atoms with E-state index >= 15 is 0 Å². The number of hydrogen-bond donors (Lipinski definition) is 3. The molecule has 0 saturated carbocycles. The zero-order chi connectivity index (χ0) is 20.0. The number of sulfonamides is 1. The molecule has 0 aliphatic carbocycles. The van der Waals surface area contributed by atoms with Gasteiger partial charge in [-0.1, -0.05) is 0 Å². The topological polar surface area (TPSA) is 109 Å². The molecule has 0 saturated heterocycles. The molecular formula is C18H19FN6O2S. The highest BCUT2D eigenvalue weighted by molar-refractivity contribution is 7.89. The third-order valence-electron chi connectivity index (χ3n) is 3.77. The first-order valence-corrected chi connectivity index (χ1v) is 9.93. The lowest BCUT2D eigenvalue weighted by Crippen LogP contribution is -2.29. The number of aromatic nitrogens is 3. The van der Waals surface area contributed by atoms with E-state index in [4.69, 9.17) is 0 Å². The van der Waals surface area contributed by atoms with E-state index in [0.717, 1.165) is 11.8 Å². The van der Waals surface area contributed by atoms with Gasteiger partial charge in [-0.15, -0.1) is 10.2 Å². The first kappa shape index (κ1) is 19.6. The molecule has 146 valence electrons. The summed E-state index contributed by atoms with van der Waals surface area (Å²) in [7, 11) is -3.71. The summed E-state index contributed by atoms with van der Waals surface area (Å²) < 4.78 is 40.2. The van der Waals surface area contributed by atoms with Crippen molar-refractivity contribution in [3.8, 4) is 0 Å². The highest BCUT2D eigenvalue weighted by atomic mass is 32.2. The molecule has 3 rings (SSSR count). The number of anilines is 3. The summed E-state index contributed by atoms with van der Waals surface area (Å²) in [5.41, 5.74) is 1.19. The summed E-state index contributed by atoms with van der Waals surface area (Å²) in [6, 6.07) is 10.7. The van der Waals surface area contributed by atoms with E-state index < -0.39 is 15.8 Å². The van der Waals surface area contributed by atoms with Crippen LogP contribution in [-0.2, 0) is 10.0 Å². The minimum atomic E-state index is -3.71. The van der Waals surface area contributed by atoms with Crippen molar-refractivity contribution in [3.63, 3.8) is 0 Å². The molecule has 0 atom stereocenters. The minimum absolute atomic E-state index is 0.0558. The lowest BCUT2D eigenvalue weighted by Gasteiger charge is -2.10. The molecule has 3 N–H and O–H groups in total. The predicted molar refractivity (Wildman–Crippen MR) is 104 cm³/mol. The molecule has 10 heteroatoms. The van der Waals surface area contributed by atoms with Gasteiger partial charge in [-0.3, -0.25) is 4.98 Å². The molecular weight excluding hydrogens is 383 g/mol. The summed E-state index contributed by atoms with van der Waals surface area (Å²) in [4.78, 5) is 3.99. The summed E-state index contributed by atoms with van der Waals surface area (Å²) in [6.45, 7) is 2.00. The van der Waals surface area contributed by atoms with Crippen LogP contribution in [0.15, 0.2) is 59.8 Å². The fraction of sp³-hybridized carbons (Fsp3) is 0.167. The van der Waals surface area contributed by atoms with Crippen molar-refractivity contribution in [1.29, 1.82) is 0 Å². The van der Waals surface area contributed by atoms with E-state index in [1.807, 2.05) is 12.1 Å². The third kappa shape index (κ3) is 5.21. The van der Waals surface area contributed by atoms with Crippen molar-refractivity contribution >= 4 is 27.3 Å². The highest BCUT2D eigenvalue weighted by Gasteiger charge is 2.16. The Kier molecular flexibility index (Phi) is 6.12. The number of rotatable bonds is 8. The number of pyridine rings is 1. The van der Waals surface area contributed by atoms with E-state index in [1.165, 1.54) is 12.1 Å². The van der Waals surface area contributed by atoms with Crippen LogP contribution >= 0.6 is 0 Å². The predicted octanol–water partition coefficient (Wildman–Crippen LogP) is 2.45. The van der Waals surface area contributed by atoms with Crippen molar-refractivity contribution in [3.05, 3.63) is 66.2 Å². The second-order valence-corrected chi connectivity index (χ2v) is 7.63. The highest BCUT2D eigenvalue weighted by Crippen LogP contribution is 2.16. The molecule has 2 aromatic heterocycles. The summed E-state index contributed by atoms with van der Waals surface area (Å²) in [6.07, 6.45) is 3.33. The number of nitrogens with zero attached hydrogens (tertiary/aromatic N) is 3. The van der Waals surface area contributed by atoms with Crippen LogP contribution in [-0.4, -0.2) is 36.7 Å². The summed E-state index contributed by atoms with van der Waals surface area (Å²) in [5.74, 6) is 0.611. The van der Waals surface area contributed by atoms with Crippen molar-refractivity contribution in [2.75, 3.05) is 23.7 Å². The van der Waals surface area contributed by atoms with Gasteiger partial charge in [-0.05, 0) is 55.0 Å². The van der Waals surface area contributed by atoms with Crippen LogP contribution in [0.5, 0.6) is 0 Å². The maximum absolute atomic E-state index is 13.1. The number of benzene rings is 1. The van der Waals surface area contributed by atoms with Crippen LogP contribution in [0.1, 0.15) is 5.56 Å². The molecule has 28 heavy (non-hydrogen) atoms. The smallest absolute Gasteiger partial charge is 0.240 e. The molecule has 3 aromatic rings. The Labute approximate surface area is 162 Å². The van der Waals surface area contributed by atoms with E-state index in [0.29, 0.717) is 23.7 Å². The van der Waals surface area contributed by atoms with Crippen molar-refractivity contribution in [1.82, 2.24) is 19.9 Å². The van der Waals surface area contributed by atoms with E-state index in [9.17, 15) is 12.8 Å². The van der Waals surface area contributed by atoms with Gasteiger partial charge in [0.15, 0.2) is 5.82 Å². The Morgan fingerprint density at radius 2 is 1.68 bits per heavy atom. The number of aryl methyl sites for hydroxylation is 1. The van der Waals surface area contributed by atoms with Crippen LogP contribution < -0.4 is 15.4 Å². The maximum atomic E-state index is 13.1. The Morgan fingerprint density at radius 3 is 2.36 bits per heavy atom. The first-order chi connectivity index (χ1) is 13.4. The van der Waals surface area contributed by atoms with Gasteiger partial charge in [0.1, 0.15) is 11.6 Å². The zero-order valence-corrected chi connectivity index (χ0v) is 15.9. The van der Waals surface area contributed by atoms with Gasteiger partial charge in [0.05, 0.1) is 4.90 Å². The molecule has 0 aliphatic rings. The monoisotopic (exact) mass is 402 g/mol. The first-order valence-electron chi connectivity index (χ1n) is 8.44. The van der Waals surface area contributed by atoms with Crippen molar-refractivity contribution < 1.29 is 12.8 Å². The van der Waals surface area contributed by atoms with Crippen molar-refractivity contribution in [2.45, 2.75) is 11.8 Å². The van der Waals surface area contributed by atoms with Crippen molar-refractivity contribution in [2.24, 2.45) is 0 Å². The quantitative estimate of drug-likeness (QED) is 0.497. The van der Waals surface area contributed by atoms with Gasteiger partial charge in [-0.2, -0.15) is 0 Å². The normalized spacial score (nSPS) is 11.2. The minimum Gasteiger partial charge on any atom is -0.367 e. The standard InChI is InChI=1S/C18H19FN6O2S/c1-13-12-14(19)2-3-16(13)28(26,27)22-11-10-21-17-4-5-18(25-24-17)23-15-6-8-20-9-7-15/h2-9,12,22H,10-11H2,1H3,(H,21,24)(H,20,23,25). The maximum Gasteiger partial charge on any atom is 0.240 e. The van der Waals surface area contributed by atoms with Crippen LogP contribution in [0.25, 0.3) is 0 Å². The molecule has 8 nitrogen and oxygen atoms in total. The van der Waals surface area contributed by atoms with Gasteiger partial charge in [0.2, 0.25) is 10.0 Å². The van der Waals surface area contributed by atoms with Gasteiger partial charge in [-0.25, -0.2) is 17.5 Å². The molecule has 1 aromatic carbocycles. The van der Waals surface area contributed by atoms with Crippen LogP contribution in [0.2, 0.25) is 0 Å². The number of nitrogens with one attached hydrogen (secondary N) is 3. The lowest BCUT2D eigenvalue weighted by atomic mass is 10.2. The van der Waals surface area contributed by atoms with E-state index in [-0.39, 0.29) is 11.4 Å². The van der Waals surface area contributed by atoms with Crippen LogP contribution in [0.4, 0.5) is 21.7 Å².